The summed E-state index contributed by atoms with van der Waals surface area (Å²) in [7, 11) is 0. The van der Waals surface area contributed by atoms with E-state index < -0.39 is 0 Å². The van der Waals surface area contributed by atoms with Crippen LogP contribution in [0.3, 0.4) is 0 Å². The van der Waals surface area contributed by atoms with Crippen molar-refractivity contribution in [2.45, 2.75) is 39.8 Å². The molecule has 0 radical (unpaired) electrons. The Bertz CT molecular complexity index is 294. The monoisotopic (exact) mass is 227 g/mol. The first kappa shape index (κ1) is 12.6. The summed E-state index contributed by atoms with van der Waals surface area (Å²) in [6.45, 7) is 11.4. The van der Waals surface area contributed by atoms with Gasteiger partial charge in [-0.3, -0.25) is 0 Å². The molecule has 0 aliphatic heterocycles. The molecule has 1 rings (SSSR count). The van der Waals surface area contributed by atoms with Crippen LogP contribution in [0.5, 0.6) is 0 Å². The lowest BCUT2D eigenvalue weighted by Crippen LogP contribution is -2.47. The molecule has 0 unspecified atom stereocenters. The van der Waals surface area contributed by atoms with Crippen LogP contribution < -0.4 is 10.6 Å². The molecule has 0 atom stereocenters. The summed E-state index contributed by atoms with van der Waals surface area (Å²) in [6, 6.07) is 0. The van der Waals surface area contributed by atoms with Crippen LogP contribution in [0.2, 0.25) is 0 Å². The zero-order valence-corrected chi connectivity index (χ0v) is 10.9. The van der Waals surface area contributed by atoms with Crippen molar-refractivity contribution in [1.29, 1.82) is 0 Å². The minimum absolute atomic E-state index is 0.153. The summed E-state index contributed by atoms with van der Waals surface area (Å²) in [6.07, 6.45) is 0. The lowest BCUT2D eigenvalue weighted by atomic mass is 10.1. The van der Waals surface area contributed by atoms with Gasteiger partial charge < -0.3 is 10.6 Å². The Balaban J connectivity index is 2.27. The Morgan fingerprint density at radius 2 is 2.20 bits per heavy atom. The van der Waals surface area contributed by atoms with Crippen molar-refractivity contribution >= 4 is 11.3 Å². The van der Waals surface area contributed by atoms with Crippen molar-refractivity contribution in [3.05, 3.63) is 16.1 Å². The number of thiazole rings is 1. The van der Waals surface area contributed by atoms with Crippen LogP contribution in [0.1, 0.15) is 31.5 Å². The number of likely N-dealkylation sites (N-methyl/N-ethyl adjacent to an activating group) is 1. The molecule has 1 aromatic heterocycles. The molecule has 0 aromatic carbocycles. The molecule has 0 aliphatic rings. The number of hydrogen-bond donors (Lipinski definition) is 2. The van der Waals surface area contributed by atoms with Gasteiger partial charge in [-0.1, -0.05) is 6.92 Å². The summed E-state index contributed by atoms with van der Waals surface area (Å²) >= 11 is 1.71. The third-order valence-corrected chi connectivity index (χ3v) is 3.02. The lowest BCUT2D eigenvalue weighted by Gasteiger charge is -2.25. The van der Waals surface area contributed by atoms with Crippen molar-refractivity contribution in [3.8, 4) is 0 Å². The smallest absolute Gasteiger partial charge is 0.0897 e. The summed E-state index contributed by atoms with van der Waals surface area (Å²) in [4.78, 5) is 4.41. The fourth-order valence-electron chi connectivity index (χ4n) is 1.53. The highest BCUT2D eigenvalue weighted by Gasteiger charge is 2.14. The highest BCUT2D eigenvalue weighted by Crippen LogP contribution is 2.07. The van der Waals surface area contributed by atoms with Gasteiger partial charge in [-0.05, 0) is 27.3 Å². The van der Waals surface area contributed by atoms with Crippen LogP contribution >= 0.6 is 11.3 Å². The molecular formula is C11H21N3S. The van der Waals surface area contributed by atoms with E-state index in [-0.39, 0.29) is 5.54 Å². The molecule has 15 heavy (non-hydrogen) atoms. The molecule has 0 saturated carbocycles. The first-order valence-corrected chi connectivity index (χ1v) is 6.28. The Hall–Kier alpha value is -0.450. The summed E-state index contributed by atoms with van der Waals surface area (Å²) < 4.78 is 0. The van der Waals surface area contributed by atoms with Gasteiger partial charge in [0.1, 0.15) is 0 Å². The highest BCUT2D eigenvalue weighted by molar-refractivity contribution is 7.09. The average Bonchev–Trinajstić information content (AvgIpc) is 2.51. The van der Waals surface area contributed by atoms with Gasteiger partial charge in [-0.2, -0.15) is 0 Å². The van der Waals surface area contributed by atoms with Gasteiger partial charge in [0.05, 0.1) is 10.7 Å². The number of aryl methyl sites for hydroxylation is 1. The molecular weight excluding hydrogens is 206 g/mol. The van der Waals surface area contributed by atoms with E-state index in [1.54, 1.807) is 11.3 Å². The maximum absolute atomic E-state index is 4.41. The molecule has 0 aliphatic carbocycles. The number of aromatic nitrogens is 1. The van der Waals surface area contributed by atoms with Gasteiger partial charge in [0.15, 0.2) is 0 Å². The van der Waals surface area contributed by atoms with Crippen molar-refractivity contribution in [3.63, 3.8) is 0 Å². The van der Waals surface area contributed by atoms with Gasteiger partial charge in [-0.25, -0.2) is 4.98 Å². The first-order chi connectivity index (χ1) is 7.03. The zero-order valence-electron chi connectivity index (χ0n) is 10.1. The topological polar surface area (TPSA) is 37.0 Å². The van der Waals surface area contributed by atoms with Gasteiger partial charge in [-0.15, -0.1) is 11.3 Å². The molecule has 2 N–H and O–H groups in total. The fourth-order valence-corrected chi connectivity index (χ4v) is 2.15. The van der Waals surface area contributed by atoms with Crippen LogP contribution in [0, 0.1) is 6.92 Å². The summed E-state index contributed by atoms with van der Waals surface area (Å²) in [5.41, 5.74) is 1.30. The van der Waals surface area contributed by atoms with E-state index in [1.165, 1.54) is 0 Å². The van der Waals surface area contributed by atoms with Crippen LogP contribution in [0.25, 0.3) is 0 Å². The Morgan fingerprint density at radius 3 is 2.73 bits per heavy atom. The third-order valence-electron chi connectivity index (χ3n) is 2.19. The average molecular weight is 227 g/mol. The summed E-state index contributed by atoms with van der Waals surface area (Å²) in [5, 5.41) is 10.1. The molecule has 0 bridgehead atoms. The molecule has 3 nitrogen and oxygen atoms in total. The normalized spacial score (nSPS) is 12.0. The second kappa shape index (κ2) is 5.58. The molecule has 0 saturated heterocycles. The Kier molecular flexibility index (Phi) is 4.70. The van der Waals surface area contributed by atoms with E-state index >= 15 is 0 Å². The number of nitrogens with zero attached hydrogens (tertiary/aromatic N) is 1. The van der Waals surface area contributed by atoms with E-state index in [2.05, 4.69) is 41.8 Å². The number of nitrogens with one attached hydrogen (secondary N) is 2. The number of hydrogen-bond acceptors (Lipinski definition) is 4. The van der Waals surface area contributed by atoms with E-state index in [4.69, 9.17) is 0 Å². The molecule has 86 valence electrons. The zero-order chi connectivity index (χ0) is 11.3. The molecule has 1 heterocycles. The van der Waals surface area contributed by atoms with Gasteiger partial charge >= 0.3 is 0 Å². The van der Waals surface area contributed by atoms with Gasteiger partial charge in [0, 0.05) is 24.0 Å². The first-order valence-electron chi connectivity index (χ1n) is 5.40. The predicted octanol–water partition coefficient (Wildman–Crippen LogP) is 1.93. The Labute approximate surface area is 96.3 Å². The largest absolute Gasteiger partial charge is 0.311 e. The second-order valence-corrected chi connectivity index (χ2v) is 5.44. The summed E-state index contributed by atoms with van der Waals surface area (Å²) in [5.74, 6) is 0. The van der Waals surface area contributed by atoms with Crippen molar-refractivity contribution in [2.24, 2.45) is 0 Å². The highest BCUT2D eigenvalue weighted by atomic mass is 32.1. The van der Waals surface area contributed by atoms with Crippen LogP contribution in [0.4, 0.5) is 0 Å². The Morgan fingerprint density at radius 1 is 1.47 bits per heavy atom. The van der Waals surface area contributed by atoms with Crippen LogP contribution in [0.15, 0.2) is 5.38 Å². The van der Waals surface area contributed by atoms with Gasteiger partial charge in [0.25, 0.3) is 0 Å². The SMILES string of the molecule is CCNC(C)(C)CNCc1csc(C)n1. The fraction of sp³-hybridized carbons (Fsp3) is 0.727. The standard InChI is InChI=1S/C11H21N3S/c1-5-13-11(3,4)8-12-6-10-7-15-9(2)14-10/h7,12-13H,5-6,8H2,1-4H3. The van der Waals surface area contributed by atoms with Crippen molar-refractivity contribution in [1.82, 2.24) is 15.6 Å². The molecule has 0 fully saturated rings. The van der Waals surface area contributed by atoms with Crippen molar-refractivity contribution < 1.29 is 0 Å². The molecule has 4 heteroatoms. The molecule has 1 aromatic rings. The van der Waals surface area contributed by atoms with Gasteiger partial charge in [0.2, 0.25) is 0 Å². The predicted molar refractivity (Wildman–Crippen MR) is 66.3 cm³/mol. The minimum atomic E-state index is 0.153. The van der Waals surface area contributed by atoms with Crippen molar-refractivity contribution in [2.75, 3.05) is 13.1 Å². The quantitative estimate of drug-likeness (QED) is 0.780. The number of rotatable bonds is 6. The van der Waals surface area contributed by atoms with E-state index in [0.717, 1.165) is 30.3 Å². The maximum Gasteiger partial charge on any atom is 0.0897 e. The maximum atomic E-state index is 4.41. The second-order valence-electron chi connectivity index (χ2n) is 4.38. The minimum Gasteiger partial charge on any atom is -0.311 e. The van der Waals surface area contributed by atoms with E-state index in [1.807, 2.05) is 6.92 Å². The van der Waals surface area contributed by atoms with Crippen LogP contribution in [-0.2, 0) is 6.54 Å². The van der Waals surface area contributed by atoms with E-state index in [9.17, 15) is 0 Å². The molecule has 0 spiro atoms. The lowest BCUT2D eigenvalue weighted by molar-refractivity contribution is 0.372. The van der Waals surface area contributed by atoms with E-state index in [0.29, 0.717) is 0 Å². The van der Waals surface area contributed by atoms with Crippen LogP contribution in [-0.4, -0.2) is 23.6 Å². The molecule has 0 amide bonds. The third kappa shape index (κ3) is 4.73.